The summed E-state index contributed by atoms with van der Waals surface area (Å²) in [5, 5.41) is 0. The third kappa shape index (κ3) is 3.01. The van der Waals surface area contributed by atoms with Gasteiger partial charge in [0.15, 0.2) is 0 Å². The van der Waals surface area contributed by atoms with Crippen LogP contribution in [0, 0.1) is 0 Å². The van der Waals surface area contributed by atoms with Crippen molar-refractivity contribution in [3.63, 3.8) is 0 Å². The predicted octanol–water partition coefficient (Wildman–Crippen LogP) is 2.73. The third-order valence-corrected chi connectivity index (χ3v) is 5.10. The zero-order valence-electron chi connectivity index (χ0n) is 14.5. The quantitative estimate of drug-likeness (QED) is 0.802. The Hall–Kier alpha value is -2.95. The Morgan fingerprint density at radius 1 is 0.808 bits per heavy atom. The molecule has 1 fully saturated rings. The molecule has 2 heterocycles. The van der Waals surface area contributed by atoms with Gasteiger partial charge in [0, 0.05) is 38.9 Å². The van der Waals surface area contributed by atoms with Crippen molar-refractivity contribution >= 4 is 17.7 Å². The van der Waals surface area contributed by atoms with E-state index in [0.29, 0.717) is 13.1 Å². The molecule has 3 amide bonds. The molecule has 2 aliphatic rings. The van der Waals surface area contributed by atoms with Gasteiger partial charge in [-0.15, -0.1) is 0 Å². The number of carbonyl (C=O) groups excluding carboxylic acids is 3. The number of benzene rings is 2. The molecule has 2 aromatic rings. The van der Waals surface area contributed by atoms with Crippen LogP contribution in [0.5, 0.6) is 0 Å². The molecule has 0 atom stereocenters. The fraction of sp³-hybridized carbons (Fsp3) is 0.286. The minimum absolute atomic E-state index is 0.0380. The normalized spacial score (nSPS) is 16.3. The Labute approximate surface area is 152 Å². The summed E-state index contributed by atoms with van der Waals surface area (Å²) in [6, 6.07) is 16.3. The van der Waals surface area contributed by atoms with Gasteiger partial charge in [-0.2, -0.15) is 0 Å². The molecular formula is C21H20N2O3. The van der Waals surface area contributed by atoms with E-state index in [1.165, 1.54) is 4.90 Å². The fourth-order valence-electron chi connectivity index (χ4n) is 3.72. The Bertz CT molecular complexity index is 827. The van der Waals surface area contributed by atoms with Crippen molar-refractivity contribution in [2.24, 2.45) is 0 Å². The van der Waals surface area contributed by atoms with Crippen molar-refractivity contribution in [2.75, 3.05) is 6.54 Å². The Kier molecular flexibility index (Phi) is 4.29. The van der Waals surface area contributed by atoms with Crippen LogP contribution in [-0.2, 0) is 27.5 Å². The van der Waals surface area contributed by atoms with E-state index in [-0.39, 0.29) is 43.5 Å². The van der Waals surface area contributed by atoms with Crippen molar-refractivity contribution in [3.8, 4) is 11.1 Å². The number of imide groups is 1. The maximum atomic E-state index is 12.8. The van der Waals surface area contributed by atoms with Gasteiger partial charge in [-0.25, -0.2) is 0 Å². The van der Waals surface area contributed by atoms with Crippen LogP contribution in [0.25, 0.3) is 11.1 Å². The molecule has 0 saturated carbocycles. The van der Waals surface area contributed by atoms with Gasteiger partial charge in [0.25, 0.3) is 0 Å². The average Bonchev–Trinajstić information content (AvgIpc) is 2.88. The Morgan fingerprint density at radius 2 is 1.31 bits per heavy atom. The molecule has 2 aliphatic heterocycles. The summed E-state index contributed by atoms with van der Waals surface area (Å²) in [6.45, 7) is 1.24. The molecule has 132 valence electrons. The molecule has 0 unspecified atom stereocenters. The predicted molar refractivity (Wildman–Crippen MR) is 96.7 cm³/mol. The first-order chi connectivity index (χ1) is 12.6. The Morgan fingerprint density at radius 3 is 1.85 bits per heavy atom. The minimum atomic E-state index is -0.172. The van der Waals surface area contributed by atoms with Crippen LogP contribution < -0.4 is 0 Å². The number of amides is 3. The third-order valence-electron chi connectivity index (χ3n) is 5.10. The first kappa shape index (κ1) is 16.5. The summed E-state index contributed by atoms with van der Waals surface area (Å²) in [6.07, 6.45) is 0.691. The van der Waals surface area contributed by atoms with Crippen LogP contribution in [0.3, 0.4) is 0 Å². The molecule has 0 aromatic heterocycles. The van der Waals surface area contributed by atoms with E-state index in [1.54, 1.807) is 0 Å². The molecule has 26 heavy (non-hydrogen) atoms. The first-order valence-corrected chi connectivity index (χ1v) is 8.90. The Balaban J connectivity index is 1.55. The van der Waals surface area contributed by atoms with Gasteiger partial charge in [-0.05, 0) is 22.3 Å². The van der Waals surface area contributed by atoms with Crippen molar-refractivity contribution in [3.05, 3.63) is 59.7 Å². The highest BCUT2D eigenvalue weighted by atomic mass is 16.2. The molecule has 0 aliphatic carbocycles. The summed E-state index contributed by atoms with van der Waals surface area (Å²) in [5.74, 6) is -0.382. The monoisotopic (exact) mass is 348 g/mol. The van der Waals surface area contributed by atoms with Crippen LogP contribution in [0.1, 0.15) is 30.4 Å². The lowest BCUT2D eigenvalue weighted by molar-refractivity contribution is -0.139. The zero-order valence-corrected chi connectivity index (χ0v) is 14.5. The fourth-order valence-corrected chi connectivity index (χ4v) is 3.72. The maximum Gasteiger partial charge on any atom is 0.229 e. The lowest BCUT2D eigenvalue weighted by atomic mass is 9.97. The van der Waals surface area contributed by atoms with E-state index in [0.717, 1.165) is 22.3 Å². The van der Waals surface area contributed by atoms with Gasteiger partial charge in [0.1, 0.15) is 0 Å². The van der Waals surface area contributed by atoms with E-state index < -0.39 is 0 Å². The molecular weight excluding hydrogens is 328 g/mol. The average molecular weight is 348 g/mol. The molecule has 0 spiro atoms. The second kappa shape index (κ2) is 6.75. The molecule has 0 N–H and O–H groups in total. The number of fused-ring (bicyclic) bond motifs is 3. The highest BCUT2D eigenvalue weighted by molar-refractivity contribution is 6.02. The largest absolute Gasteiger partial charge is 0.334 e. The van der Waals surface area contributed by atoms with Crippen LogP contribution in [-0.4, -0.2) is 34.1 Å². The van der Waals surface area contributed by atoms with E-state index >= 15 is 0 Å². The maximum absolute atomic E-state index is 12.8. The molecule has 5 nitrogen and oxygen atoms in total. The smallest absolute Gasteiger partial charge is 0.229 e. The zero-order chi connectivity index (χ0) is 18.1. The highest BCUT2D eigenvalue weighted by Gasteiger charge is 2.30. The lowest BCUT2D eigenvalue weighted by Crippen LogP contribution is -2.35. The molecule has 2 aromatic carbocycles. The standard InChI is InChI=1S/C21H20N2O3/c24-19(11-12-23-20(25)9-10-21(23)26)22-13-15-5-1-3-7-17(15)18-8-4-2-6-16(18)14-22/h1-8H,9-14H2. The van der Waals surface area contributed by atoms with Crippen LogP contribution in [0.4, 0.5) is 0 Å². The summed E-state index contributed by atoms with van der Waals surface area (Å²) in [4.78, 5) is 39.3. The summed E-state index contributed by atoms with van der Waals surface area (Å²) >= 11 is 0. The topological polar surface area (TPSA) is 57.7 Å². The van der Waals surface area contributed by atoms with Gasteiger partial charge >= 0.3 is 0 Å². The minimum Gasteiger partial charge on any atom is -0.334 e. The molecule has 0 bridgehead atoms. The molecule has 0 radical (unpaired) electrons. The van der Waals surface area contributed by atoms with E-state index in [4.69, 9.17) is 0 Å². The molecule has 1 saturated heterocycles. The number of rotatable bonds is 3. The summed E-state index contributed by atoms with van der Waals surface area (Å²) < 4.78 is 0. The number of nitrogens with zero attached hydrogens (tertiary/aromatic N) is 2. The van der Waals surface area contributed by atoms with Crippen LogP contribution in [0.15, 0.2) is 48.5 Å². The second-order valence-electron chi connectivity index (χ2n) is 6.75. The van der Waals surface area contributed by atoms with Crippen LogP contribution >= 0.6 is 0 Å². The molecule has 4 rings (SSSR count). The van der Waals surface area contributed by atoms with Crippen molar-refractivity contribution in [2.45, 2.75) is 32.4 Å². The highest BCUT2D eigenvalue weighted by Crippen LogP contribution is 2.32. The summed E-state index contributed by atoms with van der Waals surface area (Å²) in [7, 11) is 0. The van der Waals surface area contributed by atoms with Crippen molar-refractivity contribution in [1.29, 1.82) is 0 Å². The van der Waals surface area contributed by atoms with E-state index in [2.05, 4.69) is 12.1 Å². The van der Waals surface area contributed by atoms with Gasteiger partial charge < -0.3 is 4.90 Å². The SMILES string of the molecule is O=C(CCN1C(=O)CCC1=O)N1Cc2ccccc2-c2ccccc2C1. The van der Waals surface area contributed by atoms with Gasteiger partial charge in [0.2, 0.25) is 17.7 Å². The van der Waals surface area contributed by atoms with Crippen LogP contribution in [0.2, 0.25) is 0 Å². The van der Waals surface area contributed by atoms with E-state index in [1.807, 2.05) is 41.3 Å². The molecule has 5 heteroatoms. The lowest BCUT2D eigenvalue weighted by Gasteiger charge is -2.23. The number of hydrogen-bond acceptors (Lipinski definition) is 3. The second-order valence-corrected chi connectivity index (χ2v) is 6.75. The number of carbonyl (C=O) groups is 3. The van der Waals surface area contributed by atoms with E-state index in [9.17, 15) is 14.4 Å². The summed E-state index contributed by atoms with van der Waals surface area (Å²) in [5.41, 5.74) is 4.53. The number of likely N-dealkylation sites (tertiary alicyclic amines) is 1. The van der Waals surface area contributed by atoms with Crippen molar-refractivity contribution < 1.29 is 14.4 Å². The van der Waals surface area contributed by atoms with Gasteiger partial charge in [-0.1, -0.05) is 48.5 Å². The van der Waals surface area contributed by atoms with Gasteiger partial charge in [-0.3, -0.25) is 19.3 Å². The van der Waals surface area contributed by atoms with Gasteiger partial charge in [0.05, 0.1) is 0 Å². The van der Waals surface area contributed by atoms with Crippen molar-refractivity contribution in [1.82, 2.24) is 9.80 Å². The number of hydrogen-bond donors (Lipinski definition) is 0. The first-order valence-electron chi connectivity index (χ1n) is 8.90.